The molecule has 0 atom stereocenters. The minimum atomic E-state index is -0.140. The molecule has 0 saturated heterocycles. The van der Waals surface area contributed by atoms with Gasteiger partial charge in [0.1, 0.15) is 0 Å². The van der Waals surface area contributed by atoms with Gasteiger partial charge in [0.05, 0.1) is 27.6 Å². The third-order valence-electron chi connectivity index (χ3n) is 13.1. The normalized spacial score (nSPS) is 14.1. The van der Waals surface area contributed by atoms with Crippen molar-refractivity contribution >= 4 is 88.5 Å². The minimum Gasteiger partial charge on any atom is -0.309 e. The van der Waals surface area contributed by atoms with Crippen LogP contribution in [0.2, 0.25) is 0 Å². The highest BCUT2D eigenvalue weighted by molar-refractivity contribution is 6.99. The van der Waals surface area contributed by atoms with Gasteiger partial charge in [0.2, 0.25) is 6.71 Å². The molecule has 8 aromatic carbocycles. The van der Waals surface area contributed by atoms with Crippen LogP contribution < -0.4 is 16.4 Å². The van der Waals surface area contributed by atoms with E-state index in [0.29, 0.717) is 0 Å². The van der Waals surface area contributed by atoms with Gasteiger partial charge < -0.3 is 13.7 Å². The number of fused-ring (bicyclic) bond motifs is 16. The van der Waals surface area contributed by atoms with E-state index in [2.05, 4.69) is 197 Å². The van der Waals surface area contributed by atoms with Crippen LogP contribution in [-0.4, -0.2) is 20.4 Å². The van der Waals surface area contributed by atoms with Crippen molar-refractivity contribution in [1.29, 1.82) is 0 Å². The standard InChI is InChI=1S/C51H34BN3/c1-51(2)36-24-11-12-26-38(36)52-39-27-15-23-35-45-49-43(33-21-9-13-28-40(33)54(49)32-19-7-4-8-20-32)48-44(50(45)55(47(35)39)42-30-16-25-37(51)46(42)52)34-22-10-14-29-41(34)53(48)31-17-5-3-6-18-31/h3-30H,1-2H3. The molecule has 0 radical (unpaired) electrons. The molecule has 0 saturated carbocycles. The summed E-state index contributed by atoms with van der Waals surface area (Å²) in [5.41, 5.74) is 18.1. The van der Waals surface area contributed by atoms with Crippen molar-refractivity contribution in [3.05, 3.63) is 181 Å². The Bertz CT molecular complexity index is 3450. The maximum atomic E-state index is 2.68. The number of benzene rings is 8. The second-order valence-electron chi connectivity index (χ2n) is 16.0. The van der Waals surface area contributed by atoms with Crippen molar-refractivity contribution < 1.29 is 0 Å². The zero-order valence-electron chi connectivity index (χ0n) is 30.6. The van der Waals surface area contributed by atoms with E-state index >= 15 is 0 Å². The molecule has 0 spiro atoms. The number of hydrogen-bond donors (Lipinski definition) is 0. The fourth-order valence-electron chi connectivity index (χ4n) is 11.0. The van der Waals surface area contributed by atoms with E-state index in [1.165, 1.54) is 98.6 Å². The molecule has 13 rings (SSSR count). The number of hydrogen-bond acceptors (Lipinski definition) is 0. The van der Waals surface area contributed by atoms with Crippen LogP contribution in [0.3, 0.4) is 0 Å². The van der Waals surface area contributed by atoms with Crippen LogP contribution in [-0.2, 0) is 5.41 Å². The summed E-state index contributed by atoms with van der Waals surface area (Å²) in [6.45, 7) is 4.97. The lowest BCUT2D eigenvalue weighted by atomic mass is 9.30. The van der Waals surface area contributed by atoms with Gasteiger partial charge in [-0.05, 0) is 64.5 Å². The monoisotopic (exact) mass is 699 g/mol. The molecule has 4 heteroatoms. The van der Waals surface area contributed by atoms with Gasteiger partial charge in [0.25, 0.3) is 0 Å². The van der Waals surface area contributed by atoms with E-state index in [1.807, 2.05) is 0 Å². The van der Waals surface area contributed by atoms with Crippen LogP contribution in [0.1, 0.15) is 25.0 Å². The summed E-state index contributed by atoms with van der Waals surface area (Å²) < 4.78 is 7.75. The molecule has 2 aliphatic rings. The first kappa shape index (κ1) is 29.7. The van der Waals surface area contributed by atoms with Crippen LogP contribution in [0.5, 0.6) is 0 Å². The quantitative estimate of drug-likeness (QED) is 0.160. The highest BCUT2D eigenvalue weighted by Gasteiger charge is 2.45. The van der Waals surface area contributed by atoms with Gasteiger partial charge in [-0.2, -0.15) is 0 Å². The van der Waals surface area contributed by atoms with E-state index in [-0.39, 0.29) is 12.1 Å². The van der Waals surface area contributed by atoms with Gasteiger partial charge in [-0.1, -0.05) is 147 Å². The van der Waals surface area contributed by atoms with Gasteiger partial charge >= 0.3 is 0 Å². The maximum absolute atomic E-state index is 2.68. The lowest BCUT2D eigenvalue weighted by Crippen LogP contribution is -2.63. The molecule has 256 valence electrons. The van der Waals surface area contributed by atoms with Crippen molar-refractivity contribution in [3.63, 3.8) is 0 Å². The molecular weight excluding hydrogens is 665 g/mol. The number of nitrogens with zero attached hydrogens (tertiary/aromatic N) is 3. The summed E-state index contributed by atoms with van der Waals surface area (Å²) in [5.74, 6) is 0. The van der Waals surface area contributed by atoms with Crippen molar-refractivity contribution in [2.75, 3.05) is 0 Å². The van der Waals surface area contributed by atoms with Crippen molar-refractivity contribution in [2.24, 2.45) is 0 Å². The summed E-state index contributed by atoms with van der Waals surface area (Å²) in [4.78, 5) is 0. The van der Waals surface area contributed by atoms with Gasteiger partial charge in [-0.25, -0.2) is 0 Å². The smallest absolute Gasteiger partial charge is 0.247 e. The largest absolute Gasteiger partial charge is 0.309 e. The number of aromatic nitrogens is 3. The predicted octanol–water partition coefficient (Wildman–Crippen LogP) is 10.4. The highest BCUT2D eigenvalue weighted by Crippen LogP contribution is 2.51. The van der Waals surface area contributed by atoms with Crippen LogP contribution in [0.25, 0.3) is 82.5 Å². The first-order chi connectivity index (χ1) is 27.1. The third-order valence-corrected chi connectivity index (χ3v) is 13.1. The Morgan fingerprint density at radius 1 is 0.382 bits per heavy atom. The molecule has 5 heterocycles. The summed E-state index contributed by atoms with van der Waals surface area (Å²) in [7, 11) is 0. The molecule has 0 unspecified atom stereocenters. The van der Waals surface area contributed by atoms with E-state index < -0.39 is 0 Å². The number of rotatable bonds is 2. The summed E-state index contributed by atoms with van der Waals surface area (Å²) >= 11 is 0. The van der Waals surface area contributed by atoms with Crippen LogP contribution >= 0.6 is 0 Å². The predicted molar refractivity (Wildman–Crippen MR) is 233 cm³/mol. The van der Waals surface area contributed by atoms with Crippen molar-refractivity contribution in [2.45, 2.75) is 19.3 Å². The Kier molecular flexibility index (Phi) is 5.53. The van der Waals surface area contributed by atoms with E-state index in [1.54, 1.807) is 0 Å². The Balaban J connectivity index is 1.38. The van der Waals surface area contributed by atoms with E-state index in [4.69, 9.17) is 0 Å². The third kappa shape index (κ3) is 3.50. The molecule has 0 amide bonds. The van der Waals surface area contributed by atoms with Crippen LogP contribution in [0.4, 0.5) is 0 Å². The average molecular weight is 700 g/mol. The summed E-state index contributed by atoms with van der Waals surface area (Å²) in [5, 5.41) is 7.71. The van der Waals surface area contributed by atoms with Crippen molar-refractivity contribution in [3.8, 4) is 17.1 Å². The Hall–Kier alpha value is -6.78. The molecule has 3 aromatic heterocycles. The molecule has 0 bridgehead atoms. The van der Waals surface area contributed by atoms with Crippen LogP contribution in [0.15, 0.2) is 170 Å². The number of para-hydroxylation sites is 5. The van der Waals surface area contributed by atoms with Gasteiger partial charge in [-0.3, -0.25) is 0 Å². The fourth-order valence-corrected chi connectivity index (χ4v) is 11.0. The topological polar surface area (TPSA) is 14.8 Å². The van der Waals surface area contributed by atoms with Gasteiger partial charge in [0, 0.05) is 60.3 Å². The molecule has 0 aliphatic carbocycles. The molecule has 0 N–H and O–H groups in total. The maximum Gasteiger partial charge on any atom is 0.247 e. The molecule has 0 fully saturated rings. The molecular formula is C51H34BN3. The zero-order valence-corrected chi connectivity index (χ0v) is 30.6. The first-order valence-corrected chi connectivity index (χ1v) is 19.4. The van der Waals surface area contributed by atoms with Gasteiger partial charge in [0.15, 0.2) is 0 Å². The Morgan fingerprint density at radius 2 is 0.855 bits per heavy atom. The second kappa shape index (κ2) is 10.2. The molecule has 11 aromatic rings. The zero-order chi connectivity index (χ0) is 36.2. The lowest BCUT2D eigenvalue weighted by Gasteiger charge is -2.41. The highest BCUT2D eigenvalue weighted by atomic mass is 15.1. The van der Waals surface area contributed by atoms with E-state index in [9.17, 15) is 0 Å². The van der Waals surface area contributed by atoms with E-state index in [0.717, 1.165) is 11.4 Å². The Labute approximate surface area is 318 Å². The lowest BCUT2D eigenvalue weighted by molar-refractivity contribution is 0.645. The first-order valence-electron chi connectivity index (χ1n) is 19.4. The molecule has 55 heavy (non-hydrogen) atoms. The average Bonchev–Trinajstić information content (AvgIpc) is 3.88. The molecule has 2 aliphatic heterocycles. The molecule has 3 nitrogen and oxygen atoms in total. The fraction of sp³-hybridized carbons (Fsp3) is 0.0588. The van der Waals surface area contributed by atoms with Crippen LogP contribution in [0, 0.1) is 0 Å². The summed E-state index contributed by atoms with van der Waals surface area (Å²) in [6, 6.07) is 63.4. The summed E-state index contributed by atoms with van der Waals surface area (Å²) in [6.07, 6.45) is 0. The van der Waals surface area contributed by atoms with Gasteiger partial charge in [-0.15, -0.1) is 0 Å². The SMILES string of the molecule is CC1(C)c2ccccc2B2c3c(cccc31)-n1c3c2cccc3c2c3c(c4ccccc4n3-c3ccccc3)c3c(c4ccccc4n3-c3ccccc3)c21. The second-order valence-corrected chi connectivity index (χ2v) is 16.0. The Morgan fingerprint density at radius 3 is 1.51 bits per heavy atom. The van der Waals surface area contributed by atoms with Crippen molar-refractivity contribution in [1.82, 2.24) is 13.7 Å². The minimum absolute atomic E-state index is 0.140.